The van der Waals surface area contributed by atoms with E-state index in [9.17, 15) is 0 Å². The molecule has 0 radical (unpaired) electrons. The molecule has 1 N–H and O–H groups in total. The number of ether oxygens (including phenoxy) is 1. The molecule has 2 unspecified atom stereocenters. The Morgan fingerprint density at radius 3 is 3.06 bits per heavy atom. The van der Waals surface area contributed by atoms with Gasteiger partial charge in [0.25, 0.3) is 0 Å². The third-order valence-corrected chi connectivity index (χ3v) is 5.50. The quantitative estimate of drug-likeness (QED) is 0.902. The molecule has 100 valence electrons. The van der Waals surface area contributed by atoms with E-state index in [-0.39, 0.29) is 0 Å². The summed E-state index contributed by atoms with van der Waals surface area (Å²) in [5.41, 5.74) is 1.63. The van der Waals surface area contributed by atoms with Crippen molar-refractivity contribution in [3.63, 3.8) is 0 Å². The minimum atomic E-state index is 0.521. The maximum absolute atomic E-state index is 5.57. The van der Waals surface area contributed by atoms with Crippen LogP contribution in [-0.4, -0.2) is 19.8 Å². The van der Waals surface area contributed by atoms with Gasteiger partial charge < -0.3 is 10.1 Å². The van der Waals surface area contributed by atoms with Gasteiger partial charge in [0.15, 0.2) is 0 Å². The standard InChI is InChI=1S/C15H23NOS/c1-2-16-15(12-7-8-17-10-12)14-9-11-5-3-4-6-13(11)18-14/h9,12,15-16H,2-8,10H2,1H3. The van der Waals surface area contributed by atoms with E-state index in [1.54, 1.807) is 15.3 Å². The molecule has 3 rings (SSSR count). The van der Waals surface area contributed by atoms with Gasteiger partial charge in [-0.25, -0.2) is 0 Å². The highest BCUT2D eigenvalue weighted by atomic mass is 32.1. The Hall–Kier alpha value is -0.380. The first-order valence-corrected chi connectivity index (χ1v) is 8.12. The van der Waals surface area contributed by atoms with Crippen molar-refractivity contribution >= 4 is 11.3 Å². The van der Waals surface area contributed by atoms with Crippen LogP contribution in [0.4, 0.5) is 0 Å². The Morgan fingerprint density at radius 1 is 1.44 bits per heavy atom. The maximum atomic E-state index is 5.57. The molecule has 0 aromatic carbocycles. The Kier molecular flexibility index (Phi) is 4.02. The Bertz CT molecular complexity index is 372. The van der Waals surface area contributed by atoms with Crippen molar-refractivity contribution < 1.29 is 4.74 Å². The van der Waals surface area contributed by atoms with Gasteiger partial charge in [0.05, 0.1) is 6.61 Å². The van der Waals surface area contributed by atoms with Gasteiger partial charge in [-0.3, -0.25) is 0 Å². The Labute approximate surface area is 114 Å². The topological polar surface area (TPSA) is 21.3 Å². The predicted molar refractivity (Wildman–Crippen MR) is 76.3 cm³/mol. The third-order valence-electron chi connectivity index (χ3n) is 4.18. The zero-order valence-corrected chi connectivity index (χ0v) is 12.0. The summed E-state index contributed by atoms with van der Waals surface area (Å²) in [7, 11) is 0. The summed E-state index contributed by atoms with van der Waals surface area (Å²) in [6, 6.07) is 3.00. The zero-order valence-electron chi connectivity index (χ0n) is 11.2. The highest BCUT2D eigenvalue weighted by molar-refractivity contribution is 7.12. The summed E-state index contributed by atoms with van der Waals surface area (Å²) < 4.78 is 5.57. The maximum Gasteiger partial charge on any atom is 0.0513 e. The Morgan fingerprint density at radius 2 is 2.33 bits per heavy atom. The molecule has 0 bridgehead atoms. The molecule has 3 heteroatoms. The van der Waals surface area contributed by atoms with Crippen molar-refractivity contribution in [2.45, 2.75) is 45.1 Å². The summed E-state index contributed by atoms with van der Waals surface area (Å²) >= 11 is 2.05. The molecule has 0 spiro atoms. The lowest BCUT2D eigenvalue weighted by molar-refractivity contribution is 0.177. The first-order chi connectivity index (χ1) is 8.88. The summed E-state index contributed by atoms with van der Waals surface area (Å²) in [6.45, 7) is 5.12. The van der Waals surface area contributed by atoms with E-state index < -0.39 is 0 Å². The van der Waals surface area contributed by atoms with Crippen molar-refractivity contribution in [1.82, 2.24) is 5.32 Å². The van der Waals surface area contributed by atoms with Crippen LogP contribution in [-0.2, 0) is 17.6 Å². The van der Waals surface area contributed by atoms with E-state index in [1.807, 2.05) is 0 Å². The molecule has 0 amide bonds. The van der Waals surface area contributed by atoms with Crippen molar-refractivity contribution in [1.29, 1.82) is 0 Å². The van der Waals surface area contributed by atoms with Gasteiger partial charge in [0, 0.05) is 28.3 Å². The fourth-order valence-corrected chi connectivity index (χ4v) is 4.63. The first kappa shape index (κ1) is 12.6. The van der Waals surface area contributed by atoms with Gasteiger partial charge in [-0.2, -0.15) is 0 Å². The smallest absolute Gasteiger partial charge is 0.0513 e. The molecular weight excluding hydrogens is 242 g/mol. The Balaban J connectivity index is 1.82. The average Bonchev–Trinajstić information content (AvgIpc) is 3.04. The summed E-state index contributed by atoms with van der Waals surface area (Å²) in [4.78, 5) is 3.21. The van der Waals surface area contributed by atoms with Crippen LogP contribution in [0.25, 0.3) is 0 Å². The minimum Gasteiger partial charge on any atom is -0.381 e. The first-order valence-electron chi connectivity index (χ1n) is 7.31. The van der Waals surface area contributed by atoms with Gasteiger partial charge in [0.1, 0.15) is 0 Å². The molecule has 2 nitrogen and oxygen atoms in total. The number of rotatable bonds is 4. The molecule has 1 aliphatic carbocycles. The third kappa shape index (κ3) is 2.49. The van der Waals surface area contributed by atoms with Crippen molar-refractivity contribution in [2.24, 2.45) is 5.92 Å². The highest BCUT2D eigenvalue weighted by Gasteiger charge is 2.28. The highest BCUT2D eigenvalue weighted by Crippen LogP contribution is 2.37. The van der Waals surface area contributed by atoms with Gasteiger partial charge in [-0.05, 0) is 50.3 Å². The number of fused-ring (bicyclic) bond motifs is 1. The largest absolute Gasteiger partial charge is 0.381 e. The molecule has 1 aliphatic heterocycles. The monoisotopic (exact) mass is 265 g/mol. The molecule has 2 heterocycles. The molecule has 1 fully saturated rings. The number of thiophene rings is 1. The van der Waals surface area contributed by atoms with Gasteiger partial charge in [-0.1, -0.05) is 6.92 Å². The van der Waals surface area contributed by atoms with Crippen LogP contribution in [0.15, 0.2) is 6.07 Å². The molecule has 1 aromatic rings. The average molecular weight is 265 g/mol. The van der Waals surface area contributed by atoms with Crippen molar-refractivity contribution in [2.75, 3.05) is 19.8 Å². The van der Waals surface area contributed by atoms with E-state index >= 15 is 0 Å². The van der Waals surface area contributed by atoms with Gasteiger partial charge in [0.2, 0.25) is 0 Å². The molecule has 2 aliphatic rings. The summed E-state index contributed by atoms with van der Waals surface area (Å²) in [5, 5.41) is 3.68. The lowest BCUT2D eigenvalue weighted by Crippen LogP contribution is -2.27. The van der Waals surface area contributed by atoms with Crippen molar-refractivity contribution in [3.05, 3.63) is 21.4 Å². The van der Waals surface area contributed by atoms with Crippen LogP contribution in [0.3, 0.4) is 0 Å². The normalized spacial score (nSPS) is 25.1. The van der Waals surface area contributed by atoms with Crippen molar-refractivity contribution in [3.8, 4) is 0 Å². The predicted octanol–water partition coefficient (Wildman–Crippen LogP) is 3.31. The lowest BCUT2D eigenvalue weighted by Gasteiger charge is -2.22. The molecule has 1 saturated heterocycles. The van der Waals surface area contributed by atoms with Crippen LogP contribution in [0, 0.1) is 5.92 Å². The molecule has 1 aromatic heterocycles. The van der Waals surface area contributed by atoms with Crippen LogP contribution in [0.1, 0.15) is 47.5 Å². The van der Waals surface area contributed by atoms with E-state index in [2.05, 4.69) is 29.6 Å². The fourth-order valence-electron chi connectivity index (χ4n) is 3.20. The van der Waals surface area contributed by atoms with E-state index in [1.165, 1.54) is 32.1 Å². The summed E-state index contributed by atoms with van der Waals surface area (Å²) in [5.74, 6) is 0.671. The number of hydrogen-bond donors (Lipinski definition) is 1. The SMILES string of the molecule is CCNC(c1cc2c(s1)CCCC2)C1CCOC1. The molecule has 18 heavy (non-hydrogen) atoms. The lowest BCUT2D eigenvalue weighted by atomic mass is 9.95. The number of aryl methyl sites for hydroxylation is 2. The van der Waals surface area contributed by atoms with Crippen LogP contribution >= 0.6 is 11.3 Å². The van der Waals surface area contributed by atoms with Crippen LogP contribution in [0.2, 0.25) is 0 Å². The fraction of sp³-hybridized carbons (Fsp3) is 0.733. The van der Waals surface area contributed by atoms with Crippen LogP contribution < -0.4 is 5.32 Å². The van der Waals surface area contributed by atoms with Gasteiger partial charge >= 0.3 is 0 Å². The van der Waals surface area contributed by atoms with E-state index in [4.69, 9.17) is 4.74 Å². The second-order valence-corrected chi connectivity index (χ2v) is 6.63. The van der Waals surface area contributed by atoms with E-state index in [0.717, 1.165) is 19.8 Å². The van der Waals surface area contributed by atoms with E-state index in [0.29, 0.717) is 12.0 Å². The van der Waals surface area contributed by atoms with Gasteiger partial charge in [-0.15, -0.1) is 11.3 Å². The molecular formula is C15H23NOS. The molecule has 0 saturated carbocycles. The zero-order chi connectivity index (χ0) is 12.4. The minimum absolute atomic E-state index is 0.521. The molecule has 2 atom stereocenters. The second-order valence-electron chi connectivity index (χ2n) is 5.46. The second kappa shape index (κ2) is 5.72. The number of hydrogen-bond acceptors (Lipinski definition) is 3. The number of nitrogens with one attached hydrogen (secondary N) is 1. The van der Waals surface area contributed by atoms with Crippen LogP contribution in [0.5, 0.6) is 0 Å². The summed E-state index contributed by atoms with van der Waals surface area (Å²) in [6.07, 6.45) is 6.57.